The summed E-state index contributed by atoms with van der Waals surface area (Å²) in [5, 5.41) is 16.7. The van der Waals surface area contributed by atoms with Gasteiger partial charge in [0.2, 0.25) is 17.6 Å². The number of fused-ring (bicyclic) bond motifs is 1. The van der Waals surface area contributed by atoms with Crippen molar-refractivity contribution in [3.8, 4) is 5.75 Å². The molecule has 48 heavy (non-hydrogen) atoms. The Hall–Kier alpha value is -5.07. The topological polar surface area (TPSA) is 154 Å². The van der Waals surface area contributed by atoms with E-state index >= 15 is 0 Å². The number of anilines is 3. The van der Waals surface area contributed by atoms with E-state index in [-0.39, 0.29) is 60.7 Å². The molecule has 0 aliphatic carbocycles. The van der Waals surface area contributed by atoms with E-state index in [1.807, 2.05) is 0 Å². The Labute approximate surface area is 273 Å². The molecule has 0 radical (unpaired) electrons. The summed E-state index contributed by atoms with van der Waals surface area (Å²) in [7, 11) is 3.31. The van der Waals surface area contributed by atoms with Crippen LogP contribution in [0.4, 0.5) is 39.3 Å². The SMILES string of the molecule is CCc1c(N2CCN(C(=O)c3ncnc(C(F)F)c3O)CC2)c(=O)n2nc(N(C)C)nc2n1CC(=O)Nc1ccc(C(F)(F)F)cc1Cl. The number of nitrogens with one attached hydrogen (secondary N) is 1. The molecule has 5 rings (SSSR count). The number of benzene rings is 1. The Morgan fingerprint density at radius 2 is 1.81 bits per heavy atom. The first-order valence-corrected chi connectivity index (χ1v) is 14.7. The number of rotatable bonds is 8. The maximum atomic E-state index is 13.9. The highest BCUT2D eigenvalue weighted by Crippen LogP contribution is 2.34. The van der Waals surface area contributed by atoms with Crippen molar-refractivity contribution in [2.75, 3.05) is 55.4 Å². The Morgan fingerprint density at radius 3 is 2.40 bits per heavy atom. The van der Waals surface area contributed by atoms with Crippen molar-refractivity contribution in [3.05, 3.63) is 62.5 Å². The summed E-state index contributed by atoms with van der Waals surface area (Å²) in [6, 6.07) is 2.51. The first kappa shape index (κ1) is 34.3. The van der Waals surface area contributed by atoms with E-state index in [4.69, 9.17) is 11.6 Å². The zero-order chi connectivity index (χ0) is 35.1. The average molecular weight is 699 g/mol. The quantitative estimate of drug-likeness (QED) is 0.262. The summed E-state index contributed by atoms with van der Waals surface area (Å²) in [6.07, 6.45) is -6.77. The minimum atomic E-state index is -4.63. The second-order valence-corrected chi connectivity index (χ2v) is 11.2. The van der Waals surface area contributed by atoms with Crippen LogP contribution in [0.15, 0.2) is 29.3 Å². The number of hydrogen-bond donors (Lipinski definition) is 2. The normalized spacial score (nSPS) is 13.8. The van der Waals surface area contributed by atoms with Crippen molar-refractivity contribution in [2.24, 2.45) is 0 Å². The van der Waals surface area contributed by atoms with Crippen molar-refractivity contribution in [3.63, 3.8) is 0 Å². The highest BCUT2D eigenvalue weighted by Gasteiger charge is 2.33. The molecule has 0 spiro atoms. The molecule has 0 unspecified atom stereocenters. The highest BCUT2D eigenvalue weighted by molar-refractivity contribution is 6.33. The number of aromatic nitrogens is 6. The molecule has 2 amide bonds. The number of carbonyl (C=O) groups is 2. The molecular formula is C28H28ClF5N10O4. The first-order valence-electron chi connectivity index (χ1n) is 14.3. The van der Waals surface area contributed by atoms with Gasteiger partial charge in [0.15, 0.2) is 17.1 Å². The van der Waals surface area contributed by atoms with Crippen LogP contribution in [-0.4, -0.2) is 91.2 Å². The van der Waals surface area contributed by atoms with Gasteiger partial charge < -0.3 is 29.7 Å². The summed E-state index contributed by atoms with van der Waals surface area (Å²) in [5.74, 6) is -2.30. The molecule has 1 fully saturated rings. The highest BCUT2D eigenvalue weighted by atomic mass is 35.5. The van der Waals surface area contributed by atoms with Crippen molar-refractivity contribution in [1.29, 1.82) is 0 Å². The molecule has 4 heterocycles. The Morgan fingerprint density at radius 1 is 1.12 bits per heavy atom. The molecule has 0 atom stereocenters. The zero-order valence-electron chi connectivity index (χ0n) is 25.6. The first-order chi connectivity index (χ1) is 22.6. The molecule has 1 saturated heterocycles. The molecule has 20 heteroatoms. The van der Waals surface area contributed by atoms with Crippen LogP contribution >= 0.6 is 11.6 Å². The number of aromatic hydroxyl groups is 1. The summed E-state index contributed by atoms with van der Waals surface area (Å²) >= 11 is 6.04. The maximum absolute atomic E-state index is 13.9. The molecule has 1 aliphatic rings. The van der Waals surface area contributed by atoms with Gasteiger partial charge in [0.25, 0.3) is 17.9 Å². The van der Waals surface area contributed by atoms with Gasteiger partial charge in [-0.3, -0.25) is 14.4 Å². The molecule has 2 N–H and O–H groups in total. The van der Waals surface area contributed by atoms with Gasteiger partial charge in [-0.15, -0.1) is 5.10 Å². The number of amides is 2. The van der Waals surface area contributed by atoms with Gasteiger partial charge in [0, 0.05) is 40.3 Å². The number of hydrogen-bond acceptors (Lipinski definition) is 10. The van der Waals surface area contributed by atoms with Gasteiger partial charge in [-0.25, -0.2) is 18.7 Å². The molecule has 0 saturated carbocycles. The Balaban J connectivity index is 1.46. The molecule has 14 nitrogen and oxygen atoms in total. The minimum absolute atomic E-state index is 0.0140. The third kappa shape index (κ3) is 6.54. The largest absolute Gasteiger partial charge is 0.504 e. The van der Waals surface area contributed by atoms with E-state index < -0.39 is 59.2 Å². The number of carbonyl (C=O) groups excluding carboxylic acids is 2. The van der Waals surface area contributed by atoms with Crippen LogP contribution in [0.1, 0.15) is 40.8 Å². The van der Waals surface area contributed by atoms with Gasteiger partial charge in [0.1, 0.15) is 18.6 Å². The fourth-order valence-corrected chi connectivity index (χ4v) is 5.45. The van der Waals surface area contributed by atoms with Crippen LogP contribution in [0.3, 0.4) is 0 Å². The van der Waals surface area contributed by atoms with E-state index in [0.29, 0.717) is 11.8 Å². The molecule has 1 aromatic carbocycles. The molecule has 3 aromatic heterocycles. The molecular weight excluding hydrogens is 671 g/mol. The van der Waals surface area contributed by atoms with Gasteiger partial charge in [0.05, 0.1) is 22.0 Å². The van der Waals surface area contributed by atoms with E-state index in [1.165, 1.54) is 9.47 Å². The van der Waals surface area contributed by atoms with Crippen LogP contribution in [0.2, 0.25) is 5.02 Å². The van der Waals surface area contributed by atoms with E-state index in [9.17, 15) is 41.4 Å². The van der Waals surface area contributed by atoms with E-state index in [2.05, 4.69) is 25.4 Å². The fourth-order valence-electron chi connectivity index (χ4n) is 5.23. The summed E-state index contributed by atoms with van der Waals surface area (Å²) in [4.78, 5) is 56.3. The van der Waals surface area contributed by atoms with Crippen LogP contribution in [-0.2, 0) is 23.9 Å². The van der Waals surface area contributed by atoms with Gasteiger partial charge >= 0.3 is 6.18 Å². The van der Waals surface area contributed by atoms with Crippen LogP contribution < -0.4 is 20.7 Å². The van der Waals surface area contributed by atoms with Gasteiger partial charge in [-0.05, 0) is 24.6 Å². The Kier molecular flexibility index (Phi) is 9.43. The zero-order valence-corrected chi connectivity index (χ0v) is 26.3. The smallest absolute Gasteiger partial charge is 0.416 e. The summed E-state index contributed by atoms with van der Waals surface area (Å²) in [6.45, 7) is 1.53. The predicted molar refractivity (Wildman–Crippen MR) is 163 cm³/mol. The lowest BCUT2D eigenvalue weighted by Crippen LogP contribution is -2.51. The number of nitrogens with zero attached hydrogens (tertiary/aromatic N) is 9. The number of alkyl halides is 5. The molecule has 4 aromatic rings. The second-order valence-electron chi connectivity index (χ2n) is 10.8. The third-order valence-corrected chi connectivity index (χ3v) is 7.88. The summed E-state index contributed by atoms with van der Waals surface area (Å²) < 4.78 is 68.2. The van der Waals surface area contributed by atoms with Crippen molar-refractivity contribution >= 4 is 46.5 Å². The summed E-state index contributed by atoms with van der Waals surface area (Å²) in [5.41, 5.74) is -2.60. The number of halogens is 6. The van der Waals surface area contributed by atoms with E-state index in [0.717, 1.165) is 23.0 Å². The fraction of sp³-hybridized carbons (Fsp3) is 0.393. The second kappa shape index (κ2) is 13.2. The van der Waals surface area contributed by atoms with Crippen LogP contribution in [0.25, 0.3) is 5.78 Å². The molecule has 0 bridgehead atoms. The maximum Gasteiger partial charge on any atom is 0.416 e. The lowest BCUT2D eigenvalue weighted by Gasteiger charge is -2.36. The van der Waals surface area contributed by atoms with Gasteiger partial charge in [-0.1, -0.05) is 18.5 Å². The molecule has 1 aliphatic heterocycles. The van der Waals surface area contributed by atoms with Crippen molar-refractivity contribution in [1.82, 2.24) is 34.0 Å². The van der Waals surface area contributed by atoms with Crippen molar-refractivity contribution in [2.45, 2.75) is 32.5 Å². The monoisotopic (exact) mass is 698 g/mol. The van der Waals surface area contributed by atoms with Crippen LogP contribution in [0, 0.1) is 0 Å². The lowest BCUT2D eigenvalue weighted by atomic mass is 10.2. The predicted octanol–water partition coefficient (Wildman–Crippen LogP) is 3.23. The van der Waals surface area contributed by atoms with Gasteiger partial charge in [-0.2, -0.15) is 22.7 Å². The number of piperazine rings is 1. The van der Waals surface area contributed by atoms with E-state index in [1.54, 1.807) is 30.8 Å². The minimum Gasteiger partial charge on any atom is -0.504 e. The third-order valence-electron chi connectivity index (χ3n) is 7.56. The van der Waals surface area contributed by atoms with Crippen LogP contribution in [0.5, 0.6) is 5.75 Å². The average Bonchev–Trinajstić information content (AvgIpc) is 3.49. The standard InChI is InChI=1S/C28H28ClF5N10O4/c1-4-17-21(41-7-9-42(10-8-41)24(47)20-22(46)19(23(30)31)35-13-36-20)25(48)44-27(38-26(39-44)40(2)3)43(17)12-18(45)37-16-6-5-14(11-15(16)29)28(32,33)34/h5-6,11,13,23,46H,4,7-10,12H2,1-3H3,(H,37,45). The lowest BCUT2D eigenvalue weighted by molar-refractivity contribution is -0.137. The Bertz CT molecular complexity index is 1940. The molecule has 256 valence electrons. The van der Waals surface area contributed by atoms with Crippen molar-refractivity contribution < 1.29 is 36.6 Å².